The molecule has 1 N–H and O–H groups in total. The summed E-state index contributed by atoms with van der Waals surface area (Å²) in [6.07, 6.45) is 5.47. The Morgan fingerprint density at radius 3 is 2.89 bits per heavy atom. The van der Waals surface area contributed by atoms with E-state index in [1.165, 1.54) is 0 Å². The van der Waals surface area contributed by atoms with E-state index in [0.717, 1.165) is 49.1 Å². The van der Waals surface area contributed by atoms with Crippen molar-refractivity contribution in [3.8, 4) is 0 Å². The van der Waals surface area contributed by atoms with Crippen molar-refractivity contribution in [1.82, 2.24) is 24.1 Å². The van der Waals surface area contributed by atoms with Crippen LogP contribution in [0.3, 0.4) is 0 Å². The maximum absolute atomic E-state index is 13.3. The van der Waals surface area contributed by atoms with Crippen LogP contribution in [0.1, 0.15) is 50.0 Å². The molecule has 2 aromatic heterocycles. The number of nitrogens with one attached hydrogen (secondary N) is 1. The van der Waals surface area contributed by atoms with Gasteiger partial charge in [0.2, 0.25) is 10.0 Å². The zero-order valence-corrected chi connectivity index (χ0v) is 17.2. The Hall–Kier alpha value is -2.19. The van der Waals surface area contributed by atoms with Crippen molar-refractivity contribution in [1.29, 1.82) is 0 Å². The number of aryl methyl sites for hydroxylation is 2. The summed E-state index contributed by atoms with van der Waals surface area (Å²) in [7, 11) is -3.56. The van der Waals surface area contributed by atoms with Crippen LogP contribution >= 0.6 is 0 Å². The van der Waals surface area contributed by atoms with Crippen LogP contribution in [0.4, 0.5) is 0 Å². The van der Waals surface area contributed by atoms with E-state index in [0.29, 0.717) is 23.7 Å². The van der Waals surface area contributed by atoms with Crippen molar-refractivity contribution in [3.63, 3.8) is 0 Å². The molecule has 1 atom stereocenters. The summed E-state index contributed by atoms with van der Waals surface area (Å²) in [5.41, 5.74) is 2.48. The summed E-state index contributed by atoms with van der Waals surface area (Å²) < 4.78 is 29.9. The molecule has 0 saturated carbocycles. The molecule has 4 rings (SSSR count). The Kier molecular flexibility index (Phi) is 5.25. The number of hydrogen-bond acceptors (Lipinski definition) is 4. The maximum Gasteiger partial charge on any atom is 0.246 e. The van der Waals surface area contributed by atoms with Crippen LogP contribution in [0.2, 0.25) is 0 Å². The zero-order chi connectivity index (χ0) is 19.7. The smallest absolute Gasteiger partial charge is 0.246 e. The molecule has 1 aromatic carbocycles. The van der Waals surface area contributed by atoms with Gasteiger partial charge < -0.3 is 4.98 Å². The summed E-state index contributed by atoms with van der Waals surface area (Å²) >= 11 is 0. The number of piperidine rings is 1. The Morgan fingerprint density at radius 1 is 1.29 bits per heavy atom. The fourth-order valence-electron chi connectivity index (χ4n) is 3.88. The van der Waals surface area contributed by atoms with Crippen LogP contribution in [-0.4, -0.2) is 45.6 Å². The number of H-pyrrole nitrogens is 1. The molecule has 150 valence electrons. The first-order chi connectivity index (χ1) is 13.5. The minimum atomic E-state index is -3.56. The van der Waals surface area contributed by atoms with Crippen LogP contribution in [0.25, 0.3) is 11.0 Å². The van der Waals surface area contributed by atoms with Gasteiger partial charge in [-0.1, -0.05) is 25.5 Å². The second-order valence-electron chi connectivity index (χ2n) is 7.54. The Labute approximate surface area is 165 Å². The van der Waals surface area contributed by atoms with Crippen LogP contribution < -0.4 is 0 Å². The average molecular weight is 402 g/mol. The summed E-state index contributed by atoms with van der Waals surface area (Å²) in [5, 5.41) is 4.41. The lowest BCUT2D eigenvalue weighted by molar-refractivity contribution is 0.310. The summed E-state index contributed by atoms with van der Waals surface area (Å²) in [6.45, 7) is 5.62. The molecule has 1 aliphatic heterocycles. The third-order valence-corrected chi connectivity index (χ3v) is 7.41. The highest BCUT2D eigenvalue weighted by Gasteiger charge is 2.34. The van der Waals surface area contributed by atoms with E-state index >= 15 is 0 Å². The number of hydrogen-bond donors (Lipinski definition) is 1. The van der Waals surface area contributed by atoms with Gasteiger partial charge in [-0.2, -0.15) is 9.40 Å². The summed E-state index contributed by atoms with van der Waals surface area (Å²) in [5.74, 6) is 0.947. The van der Waals surface area contributed by atoms with E-state index in [4.69, 9.17) is 0 Å². The maximum atomic E-state index is 13.3. The quantitative estimate of drug-likeness (QED) is 0.686. The van der Waals surface area contributed by atoms with E-state index in [1.807, 2.05) is 24.3 Å². The molecule has 0 amide bonds. The van der Waals surface area contributed by atoms with Crippen molar-refractivity contribution >= 4 is 21.1 Å². The molecule has 1 saturated heterocycles. The average Bonchev–Trinajstić information content (AvgIpc) is 3.30. The lowest BCUT2D eigenvalue weighted by atomic mass is 9.99. The number of unbranched alkanes of at least 4 members (excludes halogenated alkanes) is 1. The third-order valence-electron chi connectivity index (χ3n) is 5.44. The second kappa shape index (κ2) is 7.67. The van der Waals surface area contributed by atoms with Gasteiger partial charge in [-0.05, 0) is 38.3 Å². The number of fused-ring (bicyclic) bond motifs is 1. The molecule has 0 spiro atoms. The molecule has 28 heavy (non-hydrogen) atoms. The highest BCUT2D eigenvalue weighted by molar-refractivity contribution is 7.89. The van der Waals surface area contributed by atoms with Gasteiger partial charge in [-0.3, -0.25) is 4.68 Å². The normalized spacial score (nSPS) is 18.7. The van der Waals surface area contributed by atoms with Crippen LogP contribution in [0.5, 0.6) is 0 Å². The van der Waals surface area contributed by atoms with Gasteiger partial charge in [0.25, 0.3) is 0 Å². The second-order valence-corrected chi connectivity index (χ2v) is 9.44. The SMILES string of the molecule is CCCCn1cc(S(=O)(=O)N2CCC[C@H](c3nc4ccccc4[nH]3)C2)c(C)n1. The number of benzene rings is 1. The number of nitrogens with zero attached hydrogens (tertiary/aromatic N) is 4. The molecular formula is C20H27N5O2S. The molecule has 3 aromatic rings. The number of imidazole rings is 1. The van der Waals surface area contributed by atoms with Crippen molar-refractivity contribution in [2.75, 3.05) is 13.1 Å². The molecule has 7 nitrogen and oxygen atoms in total. The van der Waals surface area contributed by atoms with Crippen molar-refractivity contribution in [2.45, 2.75) is 56.9 Å². The number of aromatic amines is 1. The summed E-state index contributed by atoms with van der Waals surface area (Å²) in [4.78, 5) is 8.38. The number of para-hydroxylation sites is 2. The largest absolute Gasteiger partial charge is 0.342 e. The first-order valence-electron chi connectivity index (χ1n) is 9.98. The van der Waals surface area contributed by atoms with Gasteiger partial charge in [0.05, 0.1) is 16.7 Å². The third kappa shape index (κ3) is 3.58. The van der Waals surface area contributed by atoms with Gasteiger partial charge in [-0.25, -0.2) is 13.4 Å². The highest BCUT2D eigenvalue weighted by atomic mass is 32.2. The van der Waals surface area contributed by atoms with Gasteiger partial charge in [0, 0.05) is 31.7 Å². The predicted octanol–water partition coefficient (Wildman–Crippen LogP) is 3.44. The van der Waals surface area contributed by atoms with Crippen molar-refractivity contribution in [3.05, 3.63) is 42.0 Å². The van der Waals surface area contributed by atoms with E-state index in [-0.39, 0.29) is 5.92 Å². The molecule has 1 aliphatic rings. The van der Waals surface area contributed by atoms with E-state index in [1.54, 1.807) is 22.1 Å². The molecule has 3 heterocycles. The van der Waals surface area contributed by atoms with Crippen LogP contribution in [-0.2, 0) is 16.6 Å². The molecule has 1 fully saturated rings. The Bertz CT molecular complexity index is 1040. The fourth-order valence-corrected chi connectivity index (χ4v) is 5.57. The van der Waals surface area contributed by atoms with E-state index < -0.39 is 10.0 Å². The van der Waals surface area contributed by atoms with E-state index in [2.05, 4.69) is 22.0 Å². The van der Waals surface area contributed by atoms with Crippen LogP contribution in [0.15, 0.2) is 35.4 Å². The molecule has 0 radical (unpaired) electrons. The molecule has 0 aliphatic carbocycles. The minimum Gasteiger partial charge on any atom is -0.342 e. The lowest BCUT2D eigenvalue weighted by Crippen LogP contribution is -2.39. The highest BCUT2D eigenvalue weighted by Crippen LogP contribution is 2.30. The standard InChI is InChI=1S/C20H27N5O2S/c1-3-4-11-24-14-19(15(2)23-24)28(26,27)25-12-7-8-16(13-25)20-21-17-9-5-6-10-18(17)22-20/h5-6,9-10,14,16H,3-4,7-8,11-13H2,1-2H3,(H,21,22)/t16-/m0/s1. The van der Waals surface area contributed by atoms with Gasteiger partial charge in [0.1, 0.15) is 10.7 Å². The first-order valence-corrected chi connectivity index (χ1v) is 11.4. The first kappa shape index (κ1) is 19.1. The fraction of sp³-hybridized carbons (Fsp3) is 0.500. The van der Waals surface area contributed by atoms with Crippen LogP contribution in [0, 0.1) is 6.92 Å². The molecule has 0 unspecified atom stereocenters. The van der Waals surface area contributed by atoms with Crippen molar-refractivity contribution < 1.29 is 8.42 Å². The summed E-state index contributed by atoms with van der Waals surface area (Å²) in [6, 6.07) is 7.91. The van der Waals surface area contributed by atoms with Crippen molar-refractivity contribution in [2.24, 2.45) is 0 Å². The predicted molar refractivity (Wildman–Crippen MR) is 109 cm³/mol. The molecule has 8 heteroatoms. The molecular weight excluding hydrogens is 374 g/mol. The van der Waals surface area contributed by atoms with Gasteiger partial charge in [0.15, 0.2) is 0 Å². The number of aromatic nitrogens is 4. The zero-order valence-electron chi connectivity index (χ0n) is 16.4. The number of rotatable bonds is 6. The van der Waals surface area contributed by atoms with Gasteiger partial charge in [-0.15, -0.1) is 0 Å². The van der Waals surface area contributed by atoms with E-state index in [9.17, 15) is 8.42 Å². The topological polar surface area (TPSA) is 83.9 Å². The van der Waals surface area contributed by atoms with Gasteiger partial charge >= 0.3 is 0 Å². The Balaban J connectivity index is 1.57. The molecule has 0 bridgehead atoms. The minimum absolute atomic E-state index is 0.0753. The lowest BCUT2D eigenvalue weighted by Gasteiger charge is -2.30. The number of sulfonamides is 1. The monoisotopic (exact) mass is 401 g/mol. The Morgan fingerprint density at radius 2 is 2.11 bits per heavy atom.